The van der Waals surface area contributed by atoms with E-state index in [1.54, 1.807) is 0 Å². The third-order valence-electron chi connectivity index (χ3n) is 0.191. The Morgan fingerprint density at radius 1 is 1.30 bits per heavy atom. The van der Waals surface area contributed by atoms with Gasteiger partial charge in [-0.05, 0) is 0 Å². The van der Waals surface area contributed by atoms with Crippen LogP contribution in [-0.2, 0) is 18.9 Å². The Bertz CT molecular complexity index is 220. The zero-order valence-electron chi connectivity index (χ0n) is 3.83. The summed E-state index contributed by atoms with van der Waals surface area (Å²) in [6.45, 7) is 0. The summed E-state index contributed by atoms with van der Waals surface area (Å²) in [6.07, 6.45) is 0. The molecule has 10 heavy (non-hydrogen) atoms. The van der Waals surface area contributed by atoms with Crippen molar-refractivity contribution in [2.24, 2.45) is 0 Å². The first kappa shape index (κ1) is 13.2. The van der Waals surface area contributed by atoms with Crippen molar-refractivity contribution in [1.29, 1.82) is 0 Å². The van der Waals surface area contributed by atoms with Gasteiger partial charge >= 0.3 is 18.2 Å². The predicted octanol–water partition coefficient (Wildman–Crippen LogP) is -2.29. The van der Waals surface area contributed by atoms with Crippen molar-refractivity contribution in [3.8, 4) is 0 Å². The Morgan fingerprint density at radius 3 is 1.60 bits per heavy atom. The topological polar surface area (TPSA) is 121 Å². The Morgan fingerprint density at radius 2 is 1.60 bits per heavy atom. The number of phosphoric acid groups is 1. The molecule has 0 rings (SSSR count). The van der Waals surface area contributed by atoms with Crippen LogP contribution in [0.1, 0.15) is 0 Å². The van der Waals surface area contributed by atoms with Crippen molar-refractivity contribution in [3.05, 3.63) is 0 Å². The zero-order chi connectivity index (χ0) is 7.71. The fourth-order valence-corrected chi connectivity index (χ4v) is 1.10. The van der Waals surface area contributed by atoms with Gasteiger partial charge in [0.25, 0.3) is 0 Å². The van der Waals surface area contributed by atoms with E-state index in [9.17, 15) is 13.0 Å². The summed E-state index contributed by atoms with van der Waals surface area (Å²) < 4.78 is 39.0. The maximum atomic E-state index is 9.58. The molecule has 0 aliphatic heterocycles. The smallest absolute Gasteiger partial charge is 0.302 e. The van der Waals surface area contributed by atoms with Crippen molar-refractivity contribution in [1.82, 2.24) is 0 Å². The second kappa shape index (κ2) is 3.80. The van der Waals surface area contributed by atoms with Gasteiger partial charge in [-0.3, -0.25) is 4.55 Å². The molecule has 0 bridgehead atoms. The van der Waals surface area contributed by atoms with Crippen LogP contribution in [0.5, 0.6) is 0 Å². The summed E-state index contributed by atoms with van der Waals surface area (Å²) in [7, 11) is -10.2. The minimum atomic E-state index is -5.13. The van der Waals surface area contributed by atoms with Crippen LogP contribution in [0.3, 0.4) is 0 Å². The van der Waals surface area contributed by atoms with Gasteiger partial charge in [0.05, 0.1) is 0 Å². The van der Waals surface area contributed by atoms with Crippen LogP contribution in [-0.4, -0.2) is 40.1 Å². The average molecular weight is 208 g/mol. The lowest BCUT2D eigenvalue weighted by Gasteiger charge is -1.97. The van der Waals surface area contributed by atoms with E-state index in [-0.39, 0.29) is 17.4 Å². The third kappa shape index (κ3) is 11.4. The highest BCUT2D eigenvalue weighted by Crippen LogP contribution is 2.37. The van der Waals surface area contributed by atoms with Crippen LogP contribution in [0.2, 0.25) is 0 Å². The van der Waals surface area contributed by atoms with Gasteiger partial charge in [0.2, 0.25) is 0 Å². The quantitative estimate of drug-likeness (QED) is 0.265. The SMILES string of the molecule is O=P(O)(O)OS(=O)(=O)O.[AlH3]. The lowest BCUT2D eigenvalue weighted by atomic mass is 15.7. The Kier molecular flexibility index (Phi) is 5.01. The molecule has 0 aromatic rings. The highest BCUT2D eigenvalue weighted by Gasteiger charge is 2.22. The fourth-order valence-electron chi connectivity index (χ4n) is 0.123. The van der Waals surface area contributed by atoms with E-state index in [1.165, 1.54) is 0 Å². The van der Waals surface area contributed by atoms with Crippen LogP contribution in [0.15, 0.2) is 0 Å². The van der Waals surface area contributed by atoms with Gasteiger partial charge < -0.3 is 9.79 Å². The summed E-state index contributed by atoms with van der Waals surface area (Å²) in [5.41, 5.74) is 0. The van der Waals surface area contributed by atoms with Gasteiger partial charge in [-0.2, -0.15) is 8.42 Å². The Balaban J connectivity index is 0. The molecule has 0 radical (unpaired) electrons. The first-order valence-electron chi connectivity index (χ1n) is 1.45. The molecule has 0 aliphatic carbocycles. The minimum absolute atomic E-state index is 0. The van der Waals surface area contributed by atoms with Crippen LogP contribution >= 0.6 is 7.82 Å². The molecule has 0 atom stereocenters. The second-order valence-corrected chi connectivity index (χ2v) is 3.43. The normalized spacial score (nSPS) is 12.3. The fraction of sp³-hybridized carbons (Fsp3) is 0. The average Bonchev–Trinajstić information content (AvgIpc) is 1.14. The van der Waals surface area contributed by atoms with Crippen molar-refractivity contribution in [3.63, 3.8) is 0 Å². The maximum absolute atomic E-state index is 9.58. The van der Waals surface area contributed by atoms with E-state index in [2.05, 4.69) is 3.97 Å². The monoisotopic (exact) mass is 208 g/mol. The van der Waals surface area contributed by atoms with Gasteiger partial charge in [-0.15, -0.1) is 3.97 Å². The number of rotatable bonds is 2. The molecule has 62 valence electrons. The molecule has 7 nitrogen and oxygen atoms in total. The second-order valence-electron chi connectivity index (χ2n) is 0.993. The molecule has 0 aromatic carbocycles. The van der Waals surface area contributed by atoms with Gasteiger partial charge in [0, 0.05) is 0 Å². The van der Waals surface area contributed by atoms with Crippen molar-refractivity contribution >= 4 is 35.6 Å². The van der Waals surface area contributed by atoms with E-state index in [0.717, 1.165) is 0 Å². The molecule has 0 aliphatic rings. The molecule has 0 saturated carbocycles. The van der Waals surface area contributed by atoms with E-state index < -0.39 is 18.2 Å². The molecular weight excluding hydrogens is 202 g/mol. The summed E-state index contributed by atoms with van der Waals surface area (Å²) in [6, 6.07) is 0. The molecule has 10 heteroatoms. The molecule has 0 saturated heterocycles. The molecule has 0 aromatic heterocycles. The summed E-state index contributed by atoms with van der Waals surface area (Å²) in [5, 5.41) is 0. The predicted molar refractivity (Wildman–Crippen MR) is 34.6 cm³/mol. The van der Waals surface area contributed by atoms with E-state index in [0.29, 0.717) is 0 Å². The maximum Gasteiger partial charge on any atom is 0.486 e. The first-order valence-corrected chi connectivity index (χ1v) is 4.34. The van der Waals surface area contributed by atoms with Gasteiger partial charge in [0.1, 0.15) is 0 Å². The lowest BCUT2D eigenvalue weighted by molar-refractivity contribution is 0.268. The molecule has 0 unspecified atom stereocenters. The molecule has 0 amide bonds. The Labute approximate surface area is 67.3 Å². The zero-order valence-corrected chi connectivity index (χ0v) is 5.54. The van der Waals surface area contributed by atoms with Crippen LogP contribution < -0.4 is 0 Å². The number of hydrogen-bond acceptors (Lipinski definition) is 4. The molecule has 3 N–H and O–H groups in total. The van der Waals surface area contributed by atoms with E-state index in [4.69, 9.17) is 14.3 Å². The minimum Gasteiger partial charge on any atom is -0.302 e. The van der Waals surface area contributed by atoms with Crippen molar-refractivity contribution in [2.75, 3.05) is 0 Å². The standard InChI is InChI=1S/Al.H3O7PS.3H/c;1-8(2,3)7-9(4,5)6;;;/h;(H2,1,2,3)(H,4,5,6);;;. The van der Waals surface area contributed by atoms with Gasteiger partial charge in [-0.25, -0.2) is 4.57 Å². The van der Waals surface area contributed by atoms with Crippen LogP contribution in [0.4, 0.5) is 0 Å². The summed E-state index contributed by atoms with van der Waals surface area (Å²) >= 11 is 0. The van der Waals surface area contributed by atoms with Crippen molar-refractivity contribution < 1.29 is 31.3 Å². The number of hydrogen-bond donors (Lipinski definition) is 3. The van der Waals surface area contributed by atoms with Gasteiger partial charge in [0.15, 0.2) is 17.4 Å². The largest absolute Gasteiger partial charge is 0.486 e. The molecule has 0 fully saturated rings. The first-order chi connectivity index (χ1) is 3.71. The summed E-state index contributed by atoms with van der Waals surface area (Å²) in [5.74, 6) is 0. The third-order valence-corrected chi connectivity index (χ3v) is 1.72. The molecule has 0 spiro atoms. The van der Waals surface area contributed by atoms with E-state index in [1.807, 2.05) is 0 Å². The van der Waals surface area contributed by atoms with E-state index >= 15 is 0 Å². The summed E-state index contributed by atoms with van der Waals surface area (Å²) in [4.78, 5) is 15.4. The highest BCUT2D eigenvalue weighted by molar-refractivity contribution is 7.85. The van der Waals surface area contributed by atoms with Crippen LogP contribution in [0.25, 0.3) is 0 Å². The Hall–Kier alpha value is 0.552. The lowest BCUT2D eigenvalue weighted by Crippen LogP contribution is -2.00. The van der Waals surface area contributed by atoms with Crippen LogP contribution in [0, 0.1) is 0 Å². The highest BCUT2D eigenvalue weighted by atomic mass is 32.3. The van der Waals surface area contributed by atoms with Crippen molar-refractivity contribution in [2.45, 2.75) is 0 Å². The molecule has 0 heterocycles. The van der Waals surface area contributed by atoms with Gasteiger partial charge in [-0.1, -0.05) is 0 Å². The molecular formula is H6AlO7PS.